The number of ether oxygens (including phenoxy) is 3. The standard InChI is InChI=1S/C25H25NO5/c1-18(29-16-14-25(27)28)19-10-12-20(13-11-19)30-17-15-26-21-6-2-4-8-23(21)31-24-9-5-3-7-22(24)26/h2-13,18H,14-17H2,1H3,(H,27,28). The van der Waals surface area contributed by atoms with Gasteiger partial charge in [0.2, 0.25) is 0 Å². The third-order valence-electron chi connectivity index (χ3n) is 5.15. The first-order chi connectivity index (χ1) is 15.1. The minimum absolute atomic E-state index is 0.000663. The monoisotopic (exact) mass is 419 g/mol. The van der Waals surface area contributed by atoms with Crippen molar-refractivity contribution in [2.24, 2.45) is 0 Å². The Labute approximate surface area is 181 Å². The third kappa shape index (κ3) is 4.98. The van der Waals surface area contributed by atoms with Crippen LogP contribution in [0.1, 0.15) is 25.0 Å². The van der Waals surface area contributed by atoms with Gasteiger partial charge in [0.1, 0.15) is 12.4 Å². The normalized spacial score (nSPS) is 13.0. The number of rotatable bonds is 9. The molecule has 0 fully saturated rings. The Balaban J connectivity index is 1.36. The van der Waals surface area contributed by atoms with E-state index in [2.05, 4.69) is 4.90 Å². The Bertz CT molecular complexity index is 989. The van der Waals surface area contributed by atoms with Crippen molar-refractivity contribution in [1.82, 2.24) is 0 Å². The highest BCUT2D eigenvalue weighted by molar-refractivity contribution is 5.77. The maximum absolute atomic E-state index is 10.6. The van der Waals surface area contributed by atoms with Crippen LogP contribution in [0, 0.1) is 0 Å². The van der Waals surface area contributed by atoms with Crippen LogP contribution in [-0.2, 0) is 9.53 Å². The molecular formula is C25H25NO5. The summed E-state index contributed by atoms with van der Waals surface area (Å²) in [4.78, 5) is 12.8. The summed E-state index contributed by atoms with van der Waals surface area (Å²) in [7, 11) is 0. The molecule has 3 aromatic carbocycles. The molecule has 0 saturated carbocycles. The fourth-order valence-corrected chi connectivity index (χ4v) is 3.53. The number of carboxylic acid groups (broad SMARTS) is 1. The molecule has 0 bridgehead atoms. The van der Waals surface area contributed by atoms with Crippen molar-refractivity contribution in [1.29, 1.82) is 0 Å². The smallest absolute Gasteiger partial charge is 0.305 e. The zero-order valence-electron chi connectivity index (χ0n) is 17.4. The van der Waals surface area contributed by atoms with Gasteiger partial charge in [0.05, 0.1) is 37.1 Å². The number of benzene rings is 3. The molecule has 1 unspecified atom stereocenters. The van der Waals surface area contributed by atoms with E-state index in [1.807, 2.05) is 79.7 Å². The number of hydrogen-bond acceptors (Lipinski definition) is 5. The Morgan fingerprint density at radius 2 is 1.55 bits per heavy atom. The van der Waals surface area contributed by atoms with Gasteiger partial charge in [-0.1, -0.05) is 36.4 Å². The lowest BCUT2D eigenvalue weighted by molar-refractivity contribution is -0.138. The first-order valence-corrected chi connectivity index (χ1v) is 10.3. The number of nitrogens with zero attached hydrogens (tertiary/aromatic N) is 1. The lowest BCUT2D eigenvalue weighted by Crippen LogP contribution is -2.26. The number of para-hydroxylation sites is 4. The second kappa shape index (κ2) is 9.53. The molecule has 0 saturated heterocycles. The molecule has 0 aromatic heterocycles. The fraction of sp³-hybridized carbons (Fsp3) is 0.240. The summed E-state index contributed by atoms with van der Waals surface area (Å²) in [6.45, 7) is 3.28. The molecule has 6 heteroatoms. The van der Waals surface area contributed by atoms with Crippen molar-refractivity contribution >= 4 is 17.3 Å². The van der Waals surface area contributed by atoms with Crippen LogP contribution in [0.25, 0.3) is 0 Å². The summed E-state index contributed by atoms with van der Waals surface area (Å²) in [5.74, 6) is 1.59. The van der Waals surface area contributed by atoms with E-state index >= 15 is 0 Å². The van der Waals surface area contributed by atoms with E-state index in [0.717, 1.165) is 34.2 Å². The van der Waals surface area contributed by atoms with Gasteiger partial charge in [-0.2, -0.15) is 0 Å². The SMILES string of the molecule is CC(OCCC(=O)O)c1ccc(OCCN2c3ccccc3Oc3ccccc32)cc1. The molecule has 1 N–H and O–H groups in total. The number of fused-ring (bicyclic) bond motifs is 2. The van der Waals surface area contributed by atoms with E-state index in [-0.39, 0.29) is 19.1 Å². The molecule has 1 atom stereocenters. The lowest BCUT2D eigenvalue weighted by atomic mass is 10.1. The van der Waals surface area contributed by atoms with Crippen molar-refractivity contribution in [3.05, 3.63) is 78.4 Å². The van der Waals surface area contributed by atoms with Gasteiger partial charge < -0.3 is 24.2 Å². The van der Waals surface area contributed by atoms with Gasteiger partial charge in [-0.3, -0.25) is 4.79 Å². The first-order valence-electron chi connectivity index (χ1n) is 10.3. The van der Waals surface area contributed by atoms with Gasteiger partial charge in [-0.15, -0.1) is 0 Å². The summed E-state index contributed by atoms with van der Waals surface area (Å²) < 4.78 is 17.6. The van der Waals surface area contributed by atoms with Crippen molar-refractivity contribution in [2.75, 3.05) is 24.7 Å². The van der Waals surface area contributed by atoms with E-state index in [1.165, 1.54) is 0 Å². The second-order valence-electron chi connectivity index (χ2n) is 7.26. The zero-order valence-corrected chi connectivity index (χ0v) is 17.4. The average Bonchev–Trinajstić information content (AvgIpc) is 2.78. The number of carboxylic acids is 1. The van der Waals surface area contributed by atoms with Crippen molar-refractivity contribution in [3.63, 3.8) is 0 Å². The topological polar surface area (TPSA) is 68.2 Å². The number of carbonyl (C=O) groups is 1. The van der Waals surface area contributed by atoms with Gasteiger partial charge in [-0.05, 0) is 48.9 Å². The summed E-state index contributed by atoms with van der Waals surface area (Å²) in [5.41, 5.74) is 3.02. The van der Waals surface area contributed by atoms with Crippen LogP contribution in [0.3, 0.4) is 0 Å². The van der Waals surface area contributed by atoms with Gasteiger partial charge in [0.25, 0.3) is 0 Å². The predicted molar refractivity (Wildman–Crippen MR) is 119 cm³/mol. The summed E-state index contributed by atoms with van der Waals surface area (Å²) >= 11 is 0. The van der Waals surface area contributed by atoms with E-state index < -0.39 is 5.97 Å². The highest BCUT2D eigenvalue weighted by Crippen LogP contribution is 2.45. The van der Waals surface area contributed by atoms with Crippen LogP contribution in [0.2, 0.25) is 0 Å². The van der Waals surface area contributed by atoms with Gasteiger partial charge >= 0.3 is 5.97 Å². The van der Waals surface area contributed by atoms with Gasteiger partial charge in [0.15, 0.2) is 11.5 Å². The molecule has 31 heavy (non-hydrogen) atoms. The van der Waals surface area contributed by atoms with Crippen LogP contribution in [0.5, 0.6) is 17.2 Å². The minimum Gasteiger partial charge on any atom is -0.492 e. The second-order valence-corrected chi connectivity index (χ2v) is 7.26. The number of aliphatic carboxylic acids is 1. The predicted octanol–water partition coefficient (Wildman–Crippen LogP) is 5.56. The highest BCUT2D eigenvalue weighted by atomic mass is 16.5. The van der Waals surface area contributed by atoms with E-state index in [4.69, 9.17) is 19.3 Å². The van der Waals surface area contributed by atoms with E-state index in [0.29, 0.717) is 13.2 Å². The maximum atomic E-state index is 10.6. The van der Waals surface area contributed by atoms with E-state index in [1.54, 1.807) is 0 Å². The fourth-order valence-electron chi connectivity index (χ4n) is 3.53. The Morgan fingerprint density at radius 1 is 0.935 bits per heavy atom. The molecule has 3 aromatic rings. The zero-order chi connectivity index (χ0) is 21.6. The third-order valence-corrected chi connectivity index (χ3v) is 5.15. The number of hydrogen-bond donors (Lipinski definition) is 1. The van der Waals surface area contributed by atoms with Crippen LogP contribution in [0.15, 0.2) is 72.8 Å². The molecule has 0 amide bonds. The minimum atomic E-state index is -0.860. The lowest BCUT2D eigenvalue weighted by Gasteiger charge is -2.32. The molecule has 6 nitrogen and oxygen atoms in total. The quantitative estimate of drug-likeness (QED) is 0.490. The van der Waals surface area contributed by atoms with Crippen LogP contribution in [-0.4, -0.2) is 30.8 Å². The Kier molecular flexibility index (Phi) is 6.38. The highest BCUT2D eigenvalue weighted by Gasteiger charge is 2.23. The van der Waals surface area contributed by atoms with Crippen LogP contribution in [0.4, 0.5) is 11.4 Å². The Hall–Kier alpha value is -3.51. The van der Waals surface area contributed by atoms with Gasteiger partial charge in [0, 0.05) is 0 Å². The van der Waals surface area contributed by atoms with Gasteiger partial charge in [-0.25, -0.2) is 0 Å². The largest absolute Gasteiger partial charge is 0.492 e. The molecule has 1 heterocycles. The Morgan fingerprint density at radius 3 is 2.16 bits per heavy atom. The maximum Gasteiger partial charge on any atom is 0.305 e. The van der Waals surface area contributed by atoms with Crippen molar-refractivity contribution in [3.8, 4) is 17.2 Å². The average molecular weight is 419 g/mol. The van der Waals surface area contributed by atoms with Crippen LogP contribution < -0.4 is 14.4 Å². The molecule has 4 rings (SSSR count). The first kappa shape index (κ1) is 20.8. The molecular weight excluding hydrogens is 394 g/mol. The molecule has 0 radical (unpaired) electrons. The van der Waals surface area contributed by atoms with Crippen molar-refractivity contribution < 1.29 is 24.1 Å². The molecule has 1 aliphatic rings. The van der Waals surface area contributed by atoms with Crippen molar-refractivity contribution in [2.45, 2.75) is 19.4 Å². The molecule has 0 aliphatic carbocycles. The van der Waals surface area contributed by atoms with Crippen LogP contribution >= 0.6 is 0 Å². The van der Waals surface area contributed by atoms with E-state index in [9.17, 15) is 4.79 Å². The molecule has 0 spiro atoms. The number of anilines is 2. The summed E-state index contributed by atoms with van der Waals surface area (Å²) in [5, 5.41) is 8.71. The summed E-state index contributed by atoms with van der Waals surface area (Å²) in [6.07, 6.45) is -0.172. The molecule has 160 valence electrons. The molecule has 1 aliphatic heterocycles. The summed E-state index contributed by atoms with van der Waals surface area (Å²) in [6, 6.07) is 23.7.